The van der Waals surface area contributed by atoms with Gasteiger partial charge in [0.15, 0.2) is 5.12 Å². The van der Waals surface area contributed by atoms with E-state index in [9.17, 15) is 14.4 Å². The van der Waals surface area contributed by atoms with Crippen LogP contribution in [0.25, 0.3) is 0 Å². The third-order valence-corrected chi connectivity index (χ3v) is 5.04. The second kappa shape index (κ2) is 6.47. The summed E-state index contributed by atoms with van der Waals surface area (Å²) >= 11 is 2.56. The fourth-order valence-corrected chi connectivity index (χ4v) is 3.51. The normalized spacial score (nSPS) is 24.9. The Morgan fingerprint density at radius 1 is 1.50 bits per heavy atom. The number of amides is 1. The predicted octanol–water partition coefficient (Wildman–Crippen LogP) is 1.28. The minimum atomic E-state index is -0.965. The van der Waals surface area contributed by atoms with Crippen LogP contribution in [0.4, 0.5) is 0 Å². The first kappa shape index (κ1) is 15.4. The molecule has 1 aliphatic heterocycles. The van der Waals surface area contributed by atoms with Crippen LogP contribution in [0.5, 0.6) is 0 Å². The van der Waals surface area contributed by atoms with Gasteiger partial charge in [0, 0.05) is 23.8 Å². The maximum atomic E-state index is 12.1. The molecule has 0 aromatic heterocycles. The van der Waals surface area contributed by atoms with Gasteiger partial charge in [-0.1, -0.05) is 25.6 Å². The minimum Gasteiger partial charge on any atom is -0.480 e. The molecule has 7 heteroatoms. The molecule has 1 aliphatic rings. The van der Waals surface area contributed by atoms with E-state index in [-0.39, 0.29) is 22.2 Å². The van der Waals surface area contributed by atoms with Crippen molar-refractivity contribution in [3.05, 3.63) is 0 Å². The van der Waals surface area contributed by atoms with Crippen molar-refractivity contribution >= 4 is 40.5 Å². The molecule has 1 heterocycles. The summed E-state index contributed by atoms with van der Waals surface area (Å²) in [6.45, 7) is 4.99. The van der Waals surface area contributed by atoms with Gasteiger partial charge in [0.25, 0.3) is 0 Å². The number of nitrogens with zero attached hydrogens (tertiary/aromatic N) is 1. The largest absolute Gasteiger partial charge is 0.480 e. The van der Waals surface area contributed by atoms with Crippen LogP contribution in [0.1, 0.15) is 20.8 Å². The molecule has 1 rings (SSSR count). The van der Waals surface area contributed by atoms with Crippen molar-refractivity contribution < 1.29 is 19.5 Å². The summed E-state index contributed by atoms with van der Waals surface area (Å²) in [6, 6.07) is -0.757. The Balaban J connectivity index is 2.65. The van der Waals surface area contributed by atoms with Gasteiger partial charge in [-0.25, -0.2) is 4.79 Å². The van der Waals surface area contributed by atoms with Crippen LogP contribution in [-0.4, -0.2) is 49.9 Å². The molecule has 5 nitrogen and oxygen atoms in total. The fraction of sp³-hybridized carbons (Fsp3) is 0.727. The first-order chi connectivity index (χ1) is 8.34. The summed E-state index contributed by atoms with van der Waals surface area (Å²) in [5.41, 5.74) is 0. The van der Waals surface area contributed by atoms with Crippen LogP contribution in [-0.2, 0) is 14.4 Å². The van der Waals surface area contributed by atoms with Gasteiger partial charge >= 0.3 is 5.97 Å². The van der Waals surface area contributed by atoms with Crippen LogP contribution < -0.4 is 0 Å². The average molecular weight is 291 g/mol. The number of carbonyl (C=O) groups is 3. The zero-order valence-electron chi connectivity index (χ0n) is 10.6. The Morgan fingerprint density at radius 3 is 2.61 bits per heavy atom. The molecule has 1 fully saturated rings. The molecule has 1 saturated heterocycles. The number of hydrogen-bond acceptors (Lipinski definition) is 5. The molecule has 0 radical (unpaired) electrons. The number of carboxylic acid groups (broad SMARTS) is 1. The van der Waals surface area contributed by atoms with Gasteiger partial charge in [-0.2, -0.15) is 0 Å². The molecule has 1 amide bonds. The zero-order valence-corrected chi connectivity index (χ0v) is 12.2. The van der Waals surface area contributed by atoms with E-state index in [0.717, 1.165) is 11.8 Å². The average Bonchev–Trinajstić information content (AvgIpc) is 2.66. The second-order valence-corrected chi connectivity index (χ2v) is 6.83. The second-order valence-electron chi connectivity index (χ2n) is 4.30. The monoisotopic (exact) mass is 291 g/mol. The predicted molar refractivity (Wildman–Crippen MR) is 72.5 cm³/mol. The van der Waals surface area contributed by atoms with Gasteiger partial charge in [0.05, 0.1) is 5.88 Å². The molecule has 0 aromatic carbocycles. The van der Waals surface area contributed by atoms with Crippen molar-refractivity contribution in [2.75, 3.05) is 11.6 Å². The highest BCUT2D eigenvalue weighted by molar-refractivity contribution is 8.13. The summed E-state index contributed by atoms with van der Waals surface area (Å²) < 4.78 is 0. The molecule has 102 valence electrons. The lowest BCUT2D eigenvalue weighted by Crippen LogP contribution is -2.46. The SMILES string of the molecule is CC(=O)SCC(C)C(=O)N1CSC(C)C1C(=O)O. The summed E-state index contributed by atoms with van der Waals surface area (Å²) in [7, 11) is 0. The summed E-state index contributed by atoms with van der Waals surface area (Å²) in [6.07, 6.45) is 0. The summed E-state index contributed by atoms with van der Waals surface area (Å²) in [5, 5.41) is 9.00. The number of carbonyl (C=O) groups excluding carboxylic acids is 2. The van der Waals surface area contributed by atoms with Gasteiger partial charge in [-0.15, -0.1) is 11.8 Å². The van der Waals surface area contributed by atoms with Crippen LogP contribution >= 0.6 is 23.5 Å². The van der Waals surface area contributed by atoms with Crippen molar-refractivity contribution in [1.82, 2.24) is 4.90 Å². The van der Waals surface area contributed by atoms with E-state index in [1.165, 1.54) is 23.6 Å². The van der Waals surface area contributed by atoms with Crippen LogP contribution in [0, 0.1) is 5.92 Å². The highest BCUT2D eigenvalue weighted by atomic mass is 32.2. The number of rotatable bonds is 4. The quantitative estimate of drug-likeness (QED) is 0.841. The zero-order chi connectivity index (χ0) is 13.9. The van der Waals surface area contributed by atoms with Crippen molar-refractivity contribution in [1.29, 1.82) is 0 Å². The molecule has 0 aromatic rings. The molecule has 1 N–H and O–H groups in total. The van der Waals surface area contributed by atoms with E-state index in [2.05, 4.69) is 0 Å². The standard InChI is InChI=1S/C11H17NO4S2/c1-6(4-17-8(3)13)10(14)12-5-18-7(2)9(12)11(15)16/h6-7,9H,4-5H2,1-3H3,(H,15,16). The van der Waals surface area contributed by atoms with Gasteiger partial charge in [-0.05, 0) is 0 Å². The Morgan fingerprint density at radius 2 is 2.11 bits per heavy atom. The Kier molecular flexibility index (Phi) is 5.52. The van der Waals surface area contributed by atoms with E-state index in [4.69, 9.17) is 5.11 Å². The van der Waals surface area contributed by atoms with E-state index in [1.807, 2.05) is 6.92 Å². The lowest BCUT2D eigenvalue weighted by Gasteiger charge is -2.25. The molecule has 3 unspecified atom stereocenters. The third-order valence-electron chi connectivity index (χ3n) is 2.75. The maximum Gasteiger partial charge on any atom is 0.327 e. The highest BCUT2D eigenvalue weighted by Crippen LogP contribution is 2.30. The van der Waals surface area contributed by atoms with Gasteiger partial charge < -0.3 is 10.0 Å². The molecular weight excluding hydrogens is 274 g/mol. The van der Waals surface area contributed by atoms with Crippen molar-refractivity contribution in [2.24, 2.45) is 5.92 Å². The van der Waals surface area contributed by atoms with Gasteiger partial charge in [-0.3, -0.25) is 9.59 Å². The van der Waals surface area contributed by atoms with Gasteiger partial charge in [0.1, 0.15) is 6.04 Å². The van der Waals surface area contributed by atoms with E-state index >= 15 is 0 Å². The molecule has 0 bridgehead atoms. The first-order valence-corrected chi connectivity index (χ1v) is 7.66. The van der Waals surface area contributed by atoms with Crippen LogP contribution in [0.2, 0.25) is 0 Å². The Labute approximate surface area is 115 Å². The van der Waals surface area contributed by atoms with Crippen molar-refractivity contribution in [3.8, 4) is 0 Å². The number of hydrogen-bond donors (Lipinski definition) is 1. The molecule has 0 aliphatic carbocycles. The van der Waals surface area contributed by atoms with Gasteiger partial charge in [0.2, 0.25) is 5.91 Å². The molecule has 0 spiro atoms. The molecule has 3 atom stereocenters. The Hall–Kier alpha value is -0.690. The lowest BCUT2D eigenvalue weighted by molar-refractivity contribution is -0.149. The Bertz CT molecular complexity index is 361. The highest BCUT2D eigenvalue weighted by Gasteiger charge is 2.41. The van der Waals surface area contributed by atoms with E-state index in [1.54, 1.807) is 6.92 Å². The first-order valence-electron chi connectivity index (χ1n) is 5.62. The molecular formula is C11H17NO4S2. The van der Waals surface area contributed by atoms with E-state index < -0.39 is 12.0 Å². The number of aliphatic carboxylic acids is 1. The van der Waals surface area contributed by atoms with Crippen LogP contribution in [0.3, 0.4) is 0 Å². The van der Waals surface area contributed by atoms with Crippen molar-refractivity contribution in [2.45, 2.75) is 32.1 Å². The lowest BCUT2D eigenvalue weighted by atomic mass is 10.1. The summed E-state index contributed by atoms with van der Waals surface area (Å²) in [5.74, 6) is -0.686. The number of thioether (sulfide) groups is 2. The summed E-state index contributed by atoms with van der Waals surface area (Å²) in [4.78, 5) is 35.6. The number of carboxylic acids is 1. The molecule has 18 heavy (non-hydrogen) atoms. The third kappa shape index (κ3) is 3.65. The van der Waals surface area contributed by atoms with Crippen LogP contribution in [0.15, 0.2) is 0 Å². The topological polar surface area (TPSA) is 74.7 Å². The molecule has 0 saturated carbocycles. The maximum absolute atomic E-state index is 12.1. The minimum absolute atomic E-state index is 0.0337. The van der Waals surface area contributed by atoms with Crippen molar-refractivity contribution in [3.63, 3.8) is 0 Å². The smallest absolute Gasteiger partial charge is 0.327 e. The fourth-order valence-electron chi connectivity index (χ4n) is 1.75. The van der Waals surface area contributed by atoms with E-state index in [0.29, 0.717) is 11.6 Å².